The summed E-state index contributed by atoms with van der Waals surface area (Å²) in [7, 11) is 0. The van der Waals surface area contributed by atoms with Crippen molar-refractivity contribution in [1.29, 1.82) is 0 Å². The van der Waals surface area contributed by atoms with Crippen molar-refractivity contribution in [1.82, 2.24) is 10.3 Å². The first-order valence-electron chi connectivity index (χ1n) is 13.2. The van der Waals surface area contributed by atoms with Crippen LogP contribution in [-0.4, -0.2) is 29.7 Å². The SMILES string of the molecule is CC.CC.Cc1ccc(CNc2nc3ccccc3c(N3CCC(NC(C)(C)C)CC3)c2F)cc1. The van der Waals surface area contributed by atoms with Crippen molar-refractivity contribution in [3.05, 3.63) is 65.5 Å². The van der Waals surface area contributed by atoms with Crippen molar-refractivity contribution < 1.29 is 4.39 Å². The molecule has 1 saturated heterocycles. The molecule has 0 unspecified atom stereocenters. The first-order chi connectivity index (χ1) is 16.8. The molecule has 3 aromatic rings. The number of hydrogen-bond acceptors (Lipinski definition) is 4. The van der Waals surface area contributed by atoms with Gasteiger partial charge in [0.25, 0.3) is 0 Å². The number of benzene rings is 2. The Morgan fingerprint density at radius 3 is 2.14 bits per heavy atom. The van der Waals surface area contributed by atoms with E-state index < -0.39 is 0 Å². The number of piperidine rings is 1. The average molecular weight is 481 g/mol. The molecular weight excluding hydrogens is 435 g/mol. The summed E-state index contributed by atoms with van der Waals surface area (Å²) in [5.41, 5.74) is 3.90. The van der Waals surface area contributed by atoms with E-state index in [2.05, 4.69) is 72.5 Å². The third kappa shape index (κ3) is 7.93. The van der Waals surface area contributed by atoms with Crippen LogP contribution in [0.15, 0.2) is 48.5 Å². The molecule has 5 heteroatoms. The zero-order valence-electron chi connectivity index (χ0n) is 23.0. The molecule has 2 N–H and O–H groups in total. The maximum atomic E-state index is 15.7. The molecule has 0 bridgehead atoms. The highest BCUT2D eigenvalue weighted by Crippen LogP contribution is 2.34. The number of aryl methyl sites for hydroxylation is 1. The Morgan fingerprint density at radius 1 is 0.943 bits per heavy atom. The van der Waals surface area contributed by atoms with Gasteiger partial charge in [-0.2, -0.15) is 0 Å². The molecule has 35 heavy (non-hydrogen) atoms. The van der Waals surface area contributed by atoms with Crippen LogP contribution in [0.25, 0.3) is 10.9 Å². The lowest BCUT2D eigenvalue weighted by Gasteiger charge is -2.38. The quantitative estimate of drug-likeness (QED) is 0.392. The van der Waals surface area contributed by atoms with E-state index in [0.29, 0.717) is 24.1 Å². The van der Waals surface area contributed by atoms with Gasteiger partial charge < -0.3 is 15.5 Å². The molecule has 0 spiro atoms. The smallest absolute Gasteiger partial charge is 0.189 e. The standard InChI is InChI=1S/C26H33FN4.2C2H6/c1-18-9-11-19(12-10-18)17-28-25-23(27)24(21-7-5-6-8-22(21)29-25)31-15-13-20(14-16-31)30-26(2,3)4;2*1-2/h5-12,20,30H,13-17H2,1-4H3,(H,28,29);2*1-2H3. The highest BCUT2D eigenvalue weighted by atomic mass is 19.1. The first-order valence-corrected chi connectivity index (χ1v) is 13.2. The highest BCUT2D eigenvalue weighted by molar-refractivity contribution is 5.94. The Morgan fingerprint density at radius 2 is 1.54 bits per heavy atom. The monoisotopic (exact) mass is 480 g/mol. The van der Waals surface area contributed by atoms with Gasteiger partial charge in [-0.15, -0.1) is 0 Å². The first kappa shape index (κ1) is 28.6. The lowest BCUT2D eigenvalue weighted by Crippen LogP contribution is -2.49. The fraction of sp³-hybridized carbons (Fsp3) is 0.500. The van der Waals surface area contributed by atoms with Gasteiger partial charge in [-0.1, -0.05) is 75.7 Å². The van der Waals surface area contributed by atoms with E-state index in [-0.39, 0.29) is 11.4 Å². The maximum absolute atomic E-state index is 15.7. The summed E-state index contributed by atoms with van der Waals surface area (Å²) in [6.07, 6.45) is 2.00. The van der Waals surface area contributed by atoms with E-state index in [1.165, 1.54) is 5.56 Å². The minimum atomic E-state index is -0.256. The molecule has 0 saturated carbocycles. The lowest BCUT2D eigenvalue weighted by atomic mass is 9.99. The average Bonchev–Trinajstić information content (AvgIpc) is 2.86. The number of halogens is 1. The van der Waals surface area contributed by atoms with Gasteiger partial charge in [0.15, 0.2) is 11.6 Å². The summed E-state index contributed by atoms with van der Waals surface area (Å²) in [5.74, 6) is 0.0669. The molecule has 0 aliphatic carbocycles. The minimum Gasteiger partial charge on any atom is -0.368 e. The van der Waals surface area contributed by atoms with Crippen LogP contribution in [0.3, 0.4) is 0 Å². The van der Waals surface area contributed by atoms with Crippen LogP contribution in [0.1, 0.15) is 72.4 Å². The fourth-order valence-corrected chi connectivity index (χ4v) is 4.35. The third-order valence-electron chi connectivity index (χ3n) is 5.84. The summed E-state index contributed by atoms with van der Waals surface area (Å²) < 4.78 is 15.7. The minimum absolute atomic E-state index is 0.0918. The van der Waals surface area contributed by atoms with Crippen molar-refractivity contribution in [3.8, 4) is 0 Å². The van der Waals surface area contributed by atoms with Crippen LogP contribution in [0.4, 0.5) is 15.9 Å². The summed E-state index contributed by atoms with van der Waals surface area (Å²) in [5, 5.41) is 7.80. The number of fused-ring (bicyclic) bond motifs is 1. The van der Waals surface area contributed by atoms with Crippen molar-refractivity contribution in [2.75, 3.05) is 23.3 Å². The Labute approximate surface area is 212 Å². The third-order valence-corrected chi connectivity index (χ3v) is 5.84. The molecule has 0 amide bonds. The maximum Gasteiger partial charge on any atom is 0.189 e. The Hall–Kier alpha value is -2.66. The summed E-state index contributed by atoms with van der Waals surface area (Å²) in [4.78, 5) is 6.79. The van der Waals surface area contributed by atoms with E-state index in [1.807, 2.05) is 52.0 Å². The van der Waals surface area contributed by atoms with Crippen LogP contribution in [0.2, 0.25) is 0 Å². The van der Waals surface area contributed by atoms with Gasteiger partial charge >= 0.3 is 0 Å². The lowest BCUT2D eigenvalue weighted by molar-refractivity contribution is 0.316. The second-order valence-electron chi connectivity index (χ2n) is 9.63. The van der Waals surface area contributed by atoms with Crippen molar-refractivity contribution in [2.24, 2.45) is 0 Å². The number of rotatable bonds is 5. The van der Waals surface area contributed by atoms with Crippen LogP contribution >= 0.6 is 0 Å². The number of nitrogens with one attached hydrogen (secondary N) is 2. The van der Waals surface area contributed by atoms with Gasteiger partial charge in [-0.25, -0.2) is 9.37 Å². The molecule has 192 valence electrons. The number of para-hydroxylation sites is 1. The molecule has 4 nitrogen and oxygen atoms in total. The molecule has 0 atom stereocenters. The van der Waals surface area contributed by atoms with Crippen molar-refractivity contribution in [3.63, 3.8) is 0 Å². The number of anilines is 2. The number of pyridine rings is 1. The normalized spacial score (nSPS) is 14.0. The van der Waals surface area contributed by atoms with Crippen LogP contribution in [0.5, 0.6) is 0 Å². The Bertz CT molecular complexity index is 1030. The molecular formula is C30H45FN4. The summed E-state index contributed by atoms with van der Waals surface area (Å²) >= 11 is 0. The van der Waals surface area contributed by atoms with Gasteiger partial charge in [0.2, 0.25) is 0 Å². The van der Waals surface area contributed by atoms with Crippen LogP contribution in [0, 0.1) is 12.7 Å². The second kappa shape index (κ2) is 13.4. The van der Waals surface area contributed by atoms with Crippen LogP contribution < -0.4 is 15.5 Å². The molecule has 1 aromatic heterocycles. The molecule has 4 rings (SSSR count). The van der Waals surface area contributed by atoms with E-state index in [0.717, 1.165) is 42.4 Å². The van der Waals surface area contributed by atoms with Gasteiger partial charge in [0.1, 0.15) is 0 Å². The van der Waals surface area contributed by atoms with Crippen molar-refractivity contribution in [2.45, 2.75) is 86.4 Å². The predicted octanol–water partition coefficient (Wildman–Crippen LogP) is 7.70. The van der Waals surface area contributed by atoms with Gasteiger partial charge in [0, 0.05) is 36.6 Å². The van der Waals surface area contributed by atoms with E-state index in [4.69, 9.17) is 0 Å². The molecule has 2 heterocycles. The van der Waals surface area contributed by atoms with Gasteiger partial charge in [-0.3, -0.25) is 0 Å². The van der Waals surface area contributed by atoms with Gasteiger partial charge in [-0.05, 0) is 52.2 Å². The number of hydrogen-bond donors (Lipinski definition) is 2. The zero-order valence-corrected chi connectivity index (χ0v) is 23.0. The molecule has 0 radical (unpaired) electrons. The summed E-state index contributed by atoms with van der Waals surface area (Å²) in [6, 6.07) is 16.6. The molecule has 1 aliphatic rings. The number of aromatic nitrogens is 1. The predicted molar refractivity (Wildman–Crippen MR) is 151 cm³/mol. The largest absolute Gasteiger partial charge is 0.368 e. The molecule has 1 aliphatic heterocycles. The number of nitrogens with zero attached hydrogens (tertiary/aromatic N) is 2. The fourth-order valence-electron chi connectivity index (χ4n) is 4.35. The zero-order chi connectivity index (χ0) is 26.0. The van der Waals surface area contributed by atoms with E-state index >= 15 is 4.39 Å². The molecule has 1 fully saturated rings. The molecule has 2 aromatic carbocycles. The van der Waals surface area contributed by atoms with Gasteiger partial charge in [0.05, 0.1) is 11.2 Å². The highest BCUT2D eigenvalue weighted by Gasteiger charge is 2.27. The van der Waals surface area contributed by atoms with Crippen LogP contribution in [-0.2, 0) is 6.54 Å². The second-order valence-corrected chi connectivity index (χ2v) is 9.63. The topological polar surface area (TPSA) is 40.2 Å². The Balaban J connectivity index is 0.00000103. The Kier molecular flexibility index (Phi) is 11.0. The summed E-state index contributed by atoms with van der Waals surface area (Å²) in [6.45, 7) is 18.9. The van der Waals surface area contributed by atoms with Crippen molar-refractivity contribution >= 4 is 22.4 Å². The van der Waals surface area contributed by atoms with E-state index in [9.17, 15) is 0 Å². The van der Waals surface area contributed by atoms with E-state index in [1.54, 1.807) is 0 Å².